The zero-order valence-corrected chi connectivity index (χ0v) is 12.3. The zero-order valence-electron chi connectivity index (χ0n) is 11.5. The molecule has 1 unspecified atom stereocenters. The molecule has 106 valence electrons. The lowest BCUT2D eigenvalue weighted by Gasteiger charge is -2.19. The van der Waals surface area contributed by atoms with Gasteiger partial charge in [0.05, 0.1) is 22.3 Å². The largest absolute Gasteiger partial charge is 0.481 e. The molecule has 1 atom stereocenters. The Morgan fingerprint density at radius 1 is 1.53 bits per heavy atom. The van der Waals surface area contributed by atoms with E-state index in [9.17, 15) is 9.90 Å². The quantitative estimate of drug-likeness (QED) is 0.904. The van der Waals surface area contributed by atoms with E-state index in [1.54, 1.807) is 4.68 Å². The average Bonchev–Trinajstić information content (AvgIpc) is 2.96. The summed E-state index contributed by atoms with van der Waals surface area (Å²) in [5.74, 6) is -0.754. The summed E-state index contributed by atoms with van der Waals surface area (Å²) in [7, 11) is 1.84. The van der Waals surface area contributed by atoms with Crippen LogP contribution in [-0.2, 0) is 24.7 Å². The highest BCUT2D eigenvalue weighted by Crippen LogP contribution is 2.35. The van der Waals surface area contributed by atoms with Crippen molar-refractivity contribution in [3.05, 3.63) is 16.4 Å². The minimum Gasteiger partial charge on any atom is -0.481 e. The zero-order chi connectivity index (χ0) is 14.0. The molecule has 1 aromatic rings. The predicted molar refractivity (Wildman–Crippen MR) is 74.4 cm³/mol. The van der Waals surface area contributed by atoms with Crippen molar-refractivity contribution in [1.82, 2.24) is 9.78 Å². The Morgan fingerprint density at radius 3 is 2.63 bits per heavy atom. The molecule has 1 fully saturated rings. The summed E-state index contributed by atoms with van der Waals surface area (Å²) in [6, 6.07) is 0. The van der Waals surface area contributed by atoms with Crippen molar-refractivity contribution in [2.24, 2.45) is 18.9 Å². The van der Waals surface area contributed by atoms with Gasteiger partial charge < -0.3 is 5.11 Å². The van der Waals surface area contributed by atoms with Gasteiger partial charge in [-0.05, 0) is 25.2 Å². The van der Waals surface area contributed by atoms with Crippen LogP contribution >= 0.6 is 11.6 Å². The molecule has 1 heterocycles. The smallest absolute Gasteiger partial charge is 0.307 e. The summed E-state index contributed by atoms with van der Waals surface area (Å²) >= 11 is 6.31. The van der Waals surface area contributed by atoms with Gasteiger partial charge in [-0.15, -0.1) is 0 Å². The van der Waals surface area contributed by atoms with Gasteiger partial charge in [-0.2, -0.15) is 5.10 Å². The van der Waals surface area contributed by atoms with E-state index >= 15 is 0 Å². The van der Waals surface area contributed by atoms with Gasteiger partial charge in [0.1, 0.15) is 0 Å². The Kier molecular flexibility index (Phi) is 4.50. The molecule has 5 heteroatoms. The van der Waals surface area contributed by atoms with Gasteiger partial charge in [0.25, 0.3) is 0 Å². The second-order valence-electron chi connectivity index (χ2n) is 5.38. The molecule has 1 aliphatic rings. The van der Waals surface area contributed by atoms with Crippen LogP contribution in [0.5, 0.6) is 0 Å². The first kappa shape index (κ1) is 14.4. The molecule has 2 rings (SSSR count). The fraction of sp³-hybridized carbons (Fsp3) is 0.714. The van der Waals surface area contributed by atoms with Gasteiger partial charge in [-0.25, -0.2) is 0 Å². The Morgan fingerprint density at radius 2 is 2.16 bits per heavy atom. The van der Waals surface area contributed by atoms with E-state index in [2.05, 4.69) is 5.10 Å². The number of carboxylic acids is 1. The SMILES string of the molecule is CCc1nn(C)c(CC(C(=O)O)C2CCCC2)c1Cl. The molecule has 1 N–H and O–H groups in total. The van der Waals surface area contributed by atoms with Crippen molar-refractivity contribution >= 4 is 17.6 Å². The van der Waals surface area contributed by atoms with E-state index in [4.69, 9.17) is 11.6 Å². The number of nitrogens with zero attached hydrogens (tertiary/aromatic N) is 2. The fourth-order valence-corrected chi connectivity index (χ4v) is 3.44. The highest BCUT2D eigenvalue weighted by atomic mass is 35.5. The summed E-state index contributed by atoms with van der Waals surface area (Å²) in [5, 5.41) is 14.5. The summed E-state index contributed by atoms with van der Waals surface area (Å²) in [6.07, 6.45) is 5.60. The lowest BCUT2D eigenvalue weighted by molar-refractivity contribution is -0.143. The molecule has 0 aliphatic heterocycles. The topological polar surface area (TPSA) is 55.1 Å². The first-order chi connectivity index (χ1) is 9.04. The third-order valence-electron chi connectivity index (χ3n) is 4.20. The summed E-state index contributed by atoms with van der Waals surface area (Å²) < 4.78 is 1.74. The Hall–Kier alpha value is -1.03. The van der Waals surface area contributed by atoms with Crippen molar-refractivity contribution in [2.45, 2.75) is 45.4 Å². The molecule has 0 radical (unpaired) electrons. The monoisotopic (exact) mass is 284 g/mol. The molecule has 19 heavy (non-hydrogen) atoms. The number of carbonyl (C=O) groups is 1. The molecule has 0 amide bonds. The Labute approximate surface area is 118 Å². The third kappa shape index (κ3) is 2.94. The first-order valence-electron chi connectivity index (χ1n) is 6.97. The molecular formula is C14H21ClN2O2. The van der Waals surface area contributed by atoms with Gasteiger partial charge in [0, 0.05) is 13.5 Å². The predicted octanol–water partition coefficient (Wildman–Crippen LogP) is 3.07. The number of rotatable bonds is 5. The molecule has 0 bridgehead atoms. The van der Waals surface area contributed by atoms with Crippen LogP contribution in [0.15, 0.2) is 0 Å². The maximum atomic E-state index is 11.5. The van der Waals surface area contributed by atoms with Crippen molar-refractivity contribution in [3.63, 3.8) is 0 Å². The van der Waals surface area contributed by atoms with Gasteiger partial charge >= 0.3 is 5.97 Å². The maximum absolute atomic E-state index is 11.5. The number of hydrogen-bond donors (Lipinski definition) is 1. The van der Waals surface area contributed by atoms with Gasteiger partial charge in [0.15, 0.2) is 0 Å². The summed E-state index contributed by atoms with van der Waals surface area (Å²) in [5.41, 5.74) is 1.72. The molecule has 1 aliphatic carbocycles. The highest BCUT2D eigenvalue weighted by molar-refractivity contribution is 6.31. The van der Waals surface area contributed by atoms with Crippen LogP contribution < -0.4 is 0 Å². The van der Waals surface area contributed by atoms with Gasteiger partial charge in [-0.1, -0.05) is 31.4 Å². The van der Waals surface area contributed by atoms with Crippen LogP contribution in [0.1, 0.15) is 44.0 Å². The van der Waals surface area contributed by atoms with Crippen molar-refractivity contribution in [2.75, 3.05) is 0 Å². The van der Waals surface area contributed by atoms with E-state index in [1.165, 1.54) is 0 Å². The van der Waals surface area contributed by atoms with Gasteiger partial charge in [-0.3, -0.25) is 9.48 Å². The minimum absolute atomic E-state index is 0.286. The number of aryl methyl sites for hydroxylation is 2. The molecule has 4 nitrogen and oxygen atoms in total. The maximum Gasteiger partial charge on any atom is 0.307 e. The van der Waals surface area contributed by atoms with E-state index in [-0.39, 0.29) is 11.8 Å². The lowest BCUT2D eigenvalue weighted by atomic mass is 9.87. The summed E-state index contributed by atoms with van der Waals surface area (Å²) in [6.45, 7) is 2.00. The molecule has 0 aromatic carbocycles. The van der Waals surface area contributed by atoms with Crippen molar-refractivity contribution in [1.29, 1.82) is 0 Å². The first-order valence-corrected chi connectivity index (χ1v) is 7.35. The second-order valence-corrected chi connectivity index (χ2v) is 5.76. The average molecular weight is 285 g/mol. The van der Waals surface area contributed by atoms with E-state index in [0.29, 0.717) is 11.4 Å². The van der Waals surface area contributed by atoms with Crippen LogP contribution in [0.3, 0.4) is 0 Å². The Balaban J connectivity index is 2.21. The Bertz CT molecular complexity index is 464. The van der Waals surface area contributed by atoms with Crippen molar-refractivity contribution < 1.29 is 9.90 Å². The van der Waals surface area contributed by atoms with Crippen molar-refractivity contribution in [3.8, 4) is 0 Å². The fourth-order valence-electron chi connectivity index (χ4n) is 3.07. The van der Waals surface area contributed by atoms with Crippen LogP contribution in [0.2, 0.25) is 5.02 Å². The number of hydrogen-bond acceptors (Lipinski definition) is 2. The van der Waals surface area contributed by atoms with Crippen LogP contribution in [0, 0.1) is 11.8 Å². The standard InChI is InChI=1S/C14H21ClN2O2/c1-3-11-13(15)12(17(2)16-11)8-10(14(18)19)9-6-4-5-7-9/h9-10H,3-8H2,1-2H3,(H,18,19). The van der Waals surface area contributed by atoms with Crippen LogP contribution in [-0.4, -0.2) is 20.9 Å². The van der Waals surface area contributed by atoms with Crippen LogP contribution in [0.25, 0.3) is 0 Å². The summed E-state index contributed by atoms with van der Waals surface area (Å²) in [4.78, 5) is 11.5. The number of aliphatic carboxylic acids is 1. The lowest BCUT2D eigenvalue weighted by Crippen LogP contribution is -2.25. The minimum atomic E-state index is -0.706. The van der Waals surface area contributed by atoms with E-state index < -0.39 is 5.97 Å². The number of halogens is 1. The molecule has 0 saturated heterocycles. The molecule has 1 saturated carbocycles. The number of aromatic nitrogens is 2. The molecule has 0 spiro atoms. The highest BCUT2D eigenvalue weighted by Gasteiger charge is 2.32. The van der Waals surface area contributed by atoms with E-state index in [1.807, 2.05) is 14.0 Å². The van der Waals surface area contributed by atoms with Gasteiger partial charge in [0.2, 0.25) is 0 Å². The molecule has 1 aromatic heterocycles. The normalized spacial score (nSPS) is 17.8. The van der Waals surface area contributed by atoms with E-state index in [0.717, 1.165) is 43.5 Å². The number of carboxylic acid groups (broad SMARTS) is 1. The van der Waals surface area contributed by atoms with Crippen LogP contribution in [0.4, 0.5) is 0 Å². The molecular weight excluding hydrogens is 264 g/mol. The third-order valence-corrected chi connectivity index (χ3v) is 4.64. The second kappa shape index (κ2) is 5.95.